The van der Waals surface area contributed by atoms with Crippen LogP contribution in [0.25, 0.3) is 0 Å². The Balaban J connectivity index is 0.00000196. The number of benzene rings is 1. The van der Waals surface area contributed by atoms with Gasteiger partial charge in [-0.3, -0.25) is 4.79 Å². The topological polar surface area (TPSA) is 90.9 Å². The van der Waals surface area contributed by atoms with E-state index in [2.05, 4.69) is 15.0 Å². The molecule has 0 saturated carbocycles. The second-order valence-corrected chi connectivity index (χ2v) is 8.36. The zero-order valence-electron chi connectivity index (χ0n) is 14.3. The molecule has 1 aromatic carbocycles. The fourth-order valence-electron chi connectivity index (χ4n) is 3.86. The van der Waals surface area contributed by atoms with Gasteiger partial charge in [0.2, 0.25) is 5.91 Å². The van der Waals surface area contributed by atoms with Crippen molar-refractivity contribution >= 4 is 34.2 Å². The molecule has 0 aromatic heterocycles. The minimum atomic E-state index is -3.66. The summed E-state index contributed by atoms with van der Waals surface area (Å²) in [6.45, 7) is 2.42. The Kier molecular flexibility index (Phi) is 5.55. The van der Waals surface area contributed by atoms with Gasteiger partial charge in [-0.1, -0.05) is 12.1 Å². The van der Waals surface area contributed by atoms with Crippen LogP contribution in [0.4, 0.5) is 0 Å². The lowest BCUT2D eigenvalue weighted by molar-refractivity contribution is -0.125. The smallest absolute Gasteiger partial charge is 0.285 e. The first-order valence-corrected chi connectivity index (χ1v) is 10.2. The van der Waals surface area contributed by atoms with Crippen molar-refractivity contribution in [2.24, 2.45) is 4.40 Å². The molecule has 2 unspecified atom stereocenters. The number of nitrogens with one attached hydrogen (secondary N) is 2. The van der Waals surface area contributed by atoms with E-state index in [4.69, 9.17) is 0 Å². The predicted molar refractivity (Wildman–Crippen MR) is 101 cm³/mol. The SMILES string of the molecule is Cl.O=C(NC1CCCNC1)C1CCCN1C1=NS(=O)(=O)c2ccccc21. The fourth-order valence-corrected chi connectivity index (χ4v) is 5.08. The van der Waals surface area contributed by atoms with E-state index in [9.17, 15) is 13.2 Å². The third kappa shape index (κ3) is 3.45. The number of hydrogen-bond acceptors (Lipinski definition) is 5. The molecule has 3 aliphatic heterocycles. The maximum atomic E-state index is 12.8. The molecule has 0 radical (unpaired) electrons. The number of carbonyl (C=O) groups is 1. The van der Waals surface area contributed by atoms with Crippen LogP contribution in [0.2, 0.25) is 0 Å². The number of likely N-dealkylation sites (tertiary alicyclic amines) is 1. The maximum absolute atomic E-state index is 12.8. The zero-order chi connectivity index (χ0) is 17.4. The standard InChI is InChI=1S/C17H22N4O3S.ClH/c22-17(19-12-5-3-9-18-11-12)14-7-4-10-21(14)16-13-6-1-2-8-15(13)25(23,24)20-16;/h1-2,6,8,12,14,18H,3-5,7,9-11H2,(H,19,22);1H. The molecular formula is C17H23ClN4O3S. The minimum absolute atomic E-state index is 0. The molecule has 142 valence electrons. The van der Waals surface area contributed by atoms with E-state index in [1.165, 1.54) is 0 Å². The third-order valence-electron chi connectivity index (χ3n) is 5.08. The van der Waals surface area contributed by atoms with Crippen LogP contribution in [-0.4, -0.2) is 56.8 Å². The highest BCUT2D eigenvalue weighted by Crippen LogP contribution is 2.31. The first-order valence-electron chi connectivity index (χ1n) is 8.78. The lowest BCUT2D eigenvalue weighted by atomic mass is 10.1. The number of sulfonamides is 1. The average Bonchev–Trinajstić information content (AvgIpc) is 3.19. The average molecular weight is 399 g/mol. The van der Waals surface area contributed by atoms with Gasteiger partial charge in [0, 0.05) is 24.7 Å². The molecule has 0 aliphatic carbocycles. The number of carbonyl (C=O) groups excluding carboxylic acids is 1. The molecule has 7 nitrogen and oxygen atoms in total. The molecule has 3 heterocycles. The Morgan fingerprint density at radius 3 is 2.81 bits per heavy atom. The summed E-state index contributed by atoms with van der Waals surface area (Å²) in [5, 5.41) is 6.40. The van der Waals surface area contributed by atoms with Gasteiger partial charge in [-0.25, -0.2) is 0 Å². The van der Waals surface area contributed by atoms with Gasteiger partial charge >= 0.3 is 0 Å². The van der Waals surface area contributed by atoms with E-state index in [0.29, 0.717) is 24.4 Å². The normalized spacial score (nSPS) is 26.6. The lowest BCUT2D eigenvalue weighted by Gasteiger charge is -2.29. The second kappa shape index (κ2) is 7.54. The van der Waals surface area contributed by atoms with Crippen molar-refractivity contribution in [3.63, 3.8) is 0 Å². The van der Waals surface area contributed by atoms with Gasteiger partial charge in [-0.2, -0.15) is 8.42 Å². The molecule has 2 N–H and O–H groups in total. The van der Waals surface area contributed by atoms with Crippen molar-refractivity contribution in [1.29, 1.82) is 0 Å². The van der Waals surface area contributed by atoms with E-state index in [1.54, 1.807) is 24.3 Å². The van der Waals surface area contributed by atoms with E-state index in [1.807, 2.05) is 4.90 Å². The summed E-state index contributed by atoms with van der Waals surface area (Å²) in [6, 6.07) is 6.61. The third-order valence-corrected chi connectivity index (χ3v) is 6.41. The summed E-state index contributed by atoms with van der Waals surface area (Å²) in [6.07, 6.45) is 3.59. The summed E-state index contributed by atoms with van der Waals surface area (Å²) in [5.41, 5.74) is 0.599. The fraction of sp³-hybridized carbons (Fsp3) is 0.529. The monoisotopic (exact) mass is 398 g/mol. The number of rotatable bonds is 2. The molecule has 2 atom stereocenters. The second-order valence-electron chi connectivity index (χ2n) is 6.79. The summed E-state index contributed by atoms with van der Waals surface area (Å²) in [5.74, 6) is 0.380. The highest BCUT2D eigenvalue weighted by atomic mass is 35.5. The van der Waals surface area contributed by atoms with Crippen LogP contribution in [0.5, 0.6) is 0 Å². The van der Waals surface area contributed by atoms with Gasteiger partial charge in [0.1, 0.15) is 10.9 Å². The molecular weight excluding hydrogens is 376 g/mol. The Labute approximate surface area is 159 Å². The van der Waals surface area contributed by atoms with Crippen LogP contribution in [-0.2, 0) is 14.8 Å². The Hall–Kier alpha value is -1.64. The number of amides is 1. The van der Waals surface area contributed by atoms with Crippen LogP contribution in [0.1, 0.15) is 31.2 Å². The number of nitrogens with zero attached hydrogens (tertiary/aromatic N) is 2. The van der Waals surface area contributed by atoms with Crippen molar-refractivity contribution in [3.05, 3.63) is 29.8 Å². The van der Waals surface area contributed by atoms with Crippen LogP contribution >= 0.6 is 12.4 Å². The Morgan fingerprint density at radius 2 is 2.04 bits per heavy atom. The van der Waals surface area contributed by atoms with Crippen LogP contribution < -0.4 is 10.6 Å². The van der Waals surface area contributed by atoms with E-state index in [0.717, 1.165) is 32.4 Å². The van der Waals surface area contributed by atoms with Crippen LogP contribution in [0, 0.1) is 0 Å². The first-order chi connectivity index (χ1) is 12.1. The van der Waals surface area contributed by atoms with Gasteiger partial charge < -0.3 is 15.5 Å². The molecule has 1 aromatic rings. The molecule has 2 saturated heterocycles. The van der Waals surface area contributed by atoms with Gasteiger partial charge in [0.05, 0.1) is 0 Å². The van der Waals surface area contributed by atoms with Crippen LogP contribution in [0.3, 0.4) is 0 Å². The summed E-state index contributed by atoms with van der Waals surface area (Å²) in [7, 11) is -3.66. The molecule has 26 heavy (non-hydrogen) atoms. The molecule has 1 amide bonds. The number of halogens is 1. The largest absolute Gasteiger partial charge is 0.350 e. The zero-order valence-corrected chi connectivity index (χ0v) is 16.0. The number of amidine groups is 1. The molecule has 2 fully saturated rings. The van der Waals surface area contributed by atoms with Gasteiger partial charge in [0.25, 0.3) is 10.0 Å². The summed E-state index contributed by atoms with van der Waals surface area (Å²) >= 11 is 0. The van der Waals surface area contributed by atoms with Crippen molar-refractivity contribution in [2.75, 3.05) is 19.6 Å². The molecule has 4 rings (SSSR count). The number of piperidine rings is 1. The number of hydrogen-bond donors (Lipinski definition) is 2. The quantitative estimate of drug-likeness (QED) is 0.772. The summed E-state index contributed by atoms with van der Waals surface area (Å²) < 4.78 is 28.6. The van der Waals surface area contributed by atoms with Crippen molar-refractivity contribution < 1.29 is 13.2 Å². The number of fused-ring (bicyclic) bond motifs is 1. The van der Waals surface area contributed by atoms with Gasteiger partial charge in [0.15, 0.2) is 5.84 Å². The van der Waals surface area contributed by atoms with Crippen molar-refractivity contribution in [1.82, 2.24) is 15.5 Å². The molecule has 3 aliphatic rings. The van der Waals surface area contributed by atoms with Crippen LogP contribution in [0.15, 0.2) is 33.6 Å². The van der Waals surface area contributed by atoms with Gasteiger partial charge in [-0.15, -0.1) is 16.8 Å². The lowest BCUT2D eigenvalue weighted by Crippen LogP contribution is -2.52. The molecule has 9 heteroatoms. The maximum Gasteiger partial charge on any atom is 0.285 e. The summed E-state index contributed by atoms with van der Waals surface area (Å²) in [4.78, 5) is 14.9. The molecule has 0 spiro atoms. The van der Waals surface area contributed by atoms with E-state index >= 15 is 0 Å². The van der Waals surface area contributed by atoms with Gasteiger partial charge in [-0.05, 0) is 44.4 Å². The van der Waals surface area contributed by atoms with E-state index in [-0.39, 0.29) is 35.3 Å². The minimum Gasteiger partial charge on any atom is -0.350 e. The highest BCUT2D eigenvalue weighted by Gasteiger charge is 2.39. The van der Waals surface area contributed by atoms with E-state index < -0.39 is 10.0 Å². The van der Waals surface area contributed by atoms with Crippen molar-refractivity contribution in [3.8, 4) is 0 Å². The highest BCUT2D eigenvalue weighted by molar-refractivity contribution is 7.90. The van der Waals surface area contributed by atoms with Crippen molar-refractivity contribution in [2.45, 2.75) is 42.7 Å². The Morgan fingerprint density at radius 1 is 1.23 bits per heavy atom. The Bertz CT molecular complexity index is 821. The first kappa shape index (κ1) is 19.1. The predicted octanol–water partition coefficient (Wildman–Crippen LogP) is 0.890. The molecule has 0 bridgehead atoms.